The van der Waals surface area contributed by atoms with Gasteiger partial charge < -0.3 is 19.3 Å². The first-order valence-electron chi connectivity index (χ1n) is 16.2. The van der Waals surface area contributed by atoms with Crippen LogP contribution in [0.2, 0.25) is 0 Å². The fourth-order valence-electron chi connectivity index (χ4n) is 5.80. The molecule has 2 rings (SSSR count). The molecule has 1 N–H and O–H groups in total. The molecule has 44 heavy (non-hydrogen) atoms. The lowest BCUT2D eigenvalue weighted by molar-refractivity contribution is -0.143. The van der Waals surface area contributed by atoms with E-state index in [0.717, 1.165) is 11.5 Å². The van der Waals surface area contributed by atoms with Crippen molar-refractivity contribution in [3.05, 3.63) is 71.8 Å². The third-order valence-electron chi connectivity index (χ3n) is 8.54. The Morgan fingerprint density at radius 1 is 0.841 bits per heavy atom. The zero-order chi connectivity index (χ0) is 32.5. The monoisotopic (exact) mass is 610 g/mol. The lowest BCUT2D eigenvalue weighted by Gasteiger charge is -2.29. The first-order valence-corrected chi connectivity index (χ1v) is 16.2. The maximum Gasteiger partial charge on any atom is 0.335 e. The van der Waals surface area contributed by atoms with E-state index >= 15 is 0 Å². The summed E-state index contributed by atoms with van der Waals surface area (Å²) in [6.45, 7) is 16.2. The highest BCUT2D eigenvalue weighted by Crippen LogP contribution is 2.38. The second kappa shape index (κ2) is 20.0. The smallest absolute Gasteiger partial charge is 0.335 e. The molecular formula is C37H54O7. The van der Waals surface area contributed by atoms with Crippen molar-refractivity contribution in [2.24, 2.45) is 17.8 Å². The Balaban J connectivity index is 2.08. The van der Waals surface area contributed by atoms with Crippen molar-refractivity contribution < 1.29 is 33.7 Å². The molecule has 0 spiro atoms. The molecular weight excluding hydrogens is 556 g/mol. The highest BCUT2D eigenvalue weighted by molar-refractivity contribution is 5.88. The quantitative estimate of drug-likeness (QED) is 0.0710. The van der Waals surface area contributed by atoms with Gasteiger partial charge in [-0.05, 0) is 93.6 Å². The van der Waals surface area contributed by atoms with E-state index in [2.05, 4.69) is 50.9 Å². The first kappa shape index (κ1) is 37.0. The van der Waals surface area contributed by atoms with Crippen LogP contribution in [0.15, 0.2) is 60.7 Å². The van der Waals surface area contributed by atoms with Gasteiger partial charge in [-0.2, -0.15) is 0 Å². The van der Waals surface area contributed by atoms with Gasteiger partial charge in [-0.25, -0.2) is 14.4 Å². The molecule has 0 aliphatic heterocycles. The summed E-state index contributed by atoms with van der Waals surface area (Å²) in [6, 6.07) is 8.84. The van der Waals surface area contributed by atoms with Crippen LogP contribution in [0.1, 0.15) is 102 Å². The highest BCUT2D eigenvalue weighted by Gasteiger charge is 2.24. The van der Waals surface area contributed by atoms with E-state index < -0.39 is 24.5 Å². The van der Waals surface area contributed by atoms with Gasteiger partial charge in [0.25, 0.3) is 0 Å². The molecule has 7 heteroatoms. The zero-order valence-corrected chi connectivity index (χ0v) is 27.2. The molecule has 0 heterocycles. The summed E-state index contributed by atoms with van der Waals surface area (Å²) >= 11 is 0. The van der Waals surface area contributed by atoms with E-state index in [1.54, 1.807) is 13.8 Å². The molecule has 1 aromatic rings. The Labute approximate surface area is 264 Å². The average Bonchev–Trinajstić information content (AvgIpc) is 3.02. The predicted octanol–water partition coefficient (Wildman–Crippen LogP) is 7.43. The van der Waals surface area contributed by atoms with Crippen LogP contribution in [0.25, 0.3) is 0 Å². The molecule has 1 saturated carbocycles. The van der Waals surface area contributed by atoms with Gasteiger partial charge in [0.05, 0.1) is 32.0 Å². The Hall–Kier alpha value is -3.19. The number of carbonyl (C=O) groups excluding carboxylic acids is 3. The third-order valence-corrected chi connectivity index (χ3v) is 8.54. The van der Waals surface area contributed by atoms with Gasteiger partial charge in [-0.15, -0.1) is 0 Å². The second-order valence-corrected chi connectivity index (χ2v) is 12.6. The van der Waals surface area contributed by atoms with Crippen molar-refractivity contribution in [1.82, 2.24) is 0 Å². The van der Waals surface area contributed by atoms with Crippen LogP contribution in [0.3, 0.4) is 0 Å². The Bertz CT molecular complexity index is 1100. The van der Waals surface area contributed by atoms with Crippen LogP contribution in [0.4, 0.5) is 0 Å². The summed E-state index contributed by atoms with van der Waals surface area (Å²) in [6.07, 6.45) is 12.1. The minimum absolute atomic E-state index is 0.0247. The number of unbranched alkanes of at least 4 members (excludes halogenated alkanes) is 2. The van der Waals surface area contributed by atoms with Crippen molar-refractivity contribution in [3.8, 4) is 0 Å². The number of hydrogen-bond donors (Lipinski definition) is 1. The van der Waals surface area contributed by atoms with Crippen LogP contribution >= 0.6 is 0 Å². The molecule has 2 atom stereocenters. The minimum Gasteiger partial charge on any atom is -0.462 e. The number of aliphatic hydroxyl groups excluding tert-OH is 1. The van der Waals surface area contributed by atoms with Gasteiger partial charge in [0, 0.05) is 11.1 Å². The van der Waals surface area contributed by atoms with Gasteiger partial charge >= 0.3 is 17.9 Å². The number of carbonyl (C=O) groups is 3. The molecule has 0 saturated heterocycles. The molecule has 2 unspecified atom stereocenters. The molecule has 1 aromatic carbocycles. The summed E-state index contributed by atoms with van der Waals surface area (Å²) < 4.78 is 16.3. The van der Waals surface area contributed by atoms with E-state index in [4.69, 9.17) is 19.3 Å². The number of benzene rings is 1. The van der Waals surface area contributed by atoms with E-state index in [9.17, 15) is 14.4 Å². The average molecular weight is 611 g/mol. The molecule has 244 valence electrons. The molecule has 0 bridgehead atoms. The maximum atomic E-state index is 12.2. The topological polar surface area (TPSA) is 99.1 Å². The van der Waals surface area contributed by atoms with E-state index in [-0.39, 0.29) is 37.2 Å². The molecule has 1 fully saturated rings. The van der Waals surface area contributed by atoms with Crippen LogP contribution in [-0.2, 0) is 35.0 Å². The lowest BCUT2D eigenvalue weighted by atomic mass is 9.77. The fraction of sp³-hybridized carbons (Fsp3) is 0.595. The van der Waals surface area contributed by atoms with Gasteiger partial charge in [-0.3, -0.25) is 0 Å². The van der Waals surface area contributed by atoms with Crippen molar-refractivity contribution in [1.29, 1.82) is 0 Å². The van der Waals surface area contributed by atoms with Crippen molar-refractivity contribution in [2.75, 3.05) is 26.4 Å². The molecule has 0 radical (unpaired) electrons. The minimum atomic E-state index is -0.665. The van der Waals surface area contributed by atoms with Gasteiger partial charge in [0.15, 0.2) is 0 Å². The highest BCUT2D eigenvalue weighted by atomic mass is 16.5. The van der Waals surface area contributed by atoms with Gasteiger partial charge in [0.1, 0.15) is 0 Å². The first-order chi connectivity index (χ1) is 21.0. The van der Waals surface area contributed by atoms with E-state index in [1.807, 2.05) is 0 Å². The number of hydrogen-bond acceptors (Lipinski definition) is 7. The van der Waals surface area contributed by atoms with Gasteiger partial charge in [0.2, 0.25) is 0 Å². The standard InChI is InChI=1S/C37H54O7/c1-7-8-9-10-29-11-15-33(16-12-29)34-17-13-30(14-18-34)21-32(25-44-36(40)27(4)5)22-31(24-43-35(39)26(2)3)19-20-42-37(41)28(6)23-38/h13-14,17-18,29,31-33,38H,2,4,6-12,15-16,19-25H2,1,3,5H3. The van der Waals surface area contributed by atoms with Crippen LogP contribution in [0, 0.1) is 17.8 Å². The van der Waals surface area contributed by atoms with Crippen molar-refractivity contribution >= 4 is 17.9 Å². The van der Waals surface area contributed by atoms with E-state index in [1.165, 1.54) is 56.9 Å². The summed E-state index contributed by atoms with van der Waals surface area (Å²) in [5, 5.41) is 9.14. The summed E-state index contributed by atoms with van der Waals surface area (Å²) in [5.41, 5.74) is 3.13. The molecule has 1 aliphatic carbocycles. The summed E-state index contributed by atoms with van der Waals surface area (Å²) in [7, 11) is 0. The molecule has 7 nitrogen and oxygen atoms in total. The number of aliphatic hydroxyl groups is 1. The maximum absolute atomic E-state index is 12.2. The molecule has 0 amide bonds. The zero-order valence-electron chi connectivity index (χ0n) is 27.2. The SMILES string of the molecule is C=C(C)C(=O)OCC(CCOC(=O)C(=C)CO)CC(COC(=O)C(=C)C)Cc1ccc(C2CCC(CCCCC)CC2)cc1. The van der Waals surface area contributed by atoms with Crippen LogP contribution in [0.5, 0.6) is 0 Å². The number of rotatable bonds is 20. The Morgan fingerprint density at radius 2 is 1.43 bits per heavy atom. The molecule has 0 aromatic heterocycles. The van der Waals surface area contributed by atoms with Crippen molar-refractivity contribution in [3.63, 3.8) is 0 Å². The van der Waals surface area contributed by atoms with Crippen LogP contribution < -0.4 is 0 Å². The van der Waals surface area contributed by atoms with E-state index in [0.29, 0.717) is 36.3 Å². The lowest BCUT2D eigenvalue weighted by Crippen LogP contribution is -2.24. The summed E-state index contributed by atoms with van der Waals surface area (Å²) in [4.78, 5) is 36.4. The van der Waals surface area contributed by atoms with Crippen LogP contribution in [-0.4, -0.2) is 49.4 Å². The summed E-state index contributed by atoms with van der Waals surface area (Å²) in [5.74, 6) is -0.362. The predicted molar refractivity (Wildman–Crippen MR) is 174 cm³/mol. The number of esters is 3. The van der Waals surface area contributed by atoms with Crippen molar-refractivity contribution in [2.45, 2.75) is 97.3 Å². The largest absolute Gasteiger partial charge is 0.462 e. The Kier molecular flexibility index (Phi) is 16.8. The number of ether oxygens (including phenoxy) is 3. The second-order valence-electron chi connectivity index (χ2n) is 12.6. The Morgan fingerprint density at radius 3 is 1.98 bits per heavy atom. The fourth-order valence-corrected chi connectivity index (χ4v) is 5.80. The molecule has 1 aliphatic rings. The van der Waals surface area contributed by atoms with Gasteiger partial charge in [-0.1, -0.05) is 76.6 Å². The normalized spacial score (nSPS) is 17.6. The third kappa shape index (κ3) is 13.6.